The summed E-state index contributed by atoms with van der Waals surface area (Å²) in [5, 5.41) is 7.28. The number of amides is 1. The lowest BCUT2D eigenvalue weighted by molar-refractivity contribution is 0.0950. The first-order valence-corrected chi connectivity index (χ1v) is 6.72. The normalized spacial score (nSPS) is 10.6. The first-order chi connectivity index (χ1) is 9.63. The maximum Gasteiger partial charge on any atom is 0.251 e. The van der Waals surface area contributed by atoms with E-state index in [2.05, 4.69) is 17.3 Å². The lowest BCUT2D eigenvalue weighted by Gasteiger charge is -2.06. The Morgan fingerprint density at radius 1 is 1.45 bits per heavy atom. The first kappa shape index (κ1) is 14.3. The molecule has 106 valence electrons. The molecule has 0 fully saturated rings. The van der Waals surface area contributed by atoms with Gasteiger partial charge in [-0.25, -0.2) is 0 Å². The molecule has 3 N–H and O–H groups in total. The van der Waals surface area contributed by atoms with Crippen LogP contribution in [0.1, 0.15) is 34.1 Å². The Labute approximate surface area is 118 Å². The molecular formula is C15H20N4O. The van der Waals surface area contributed by atoms with Crippen LogP contribution in [0.2, 0.25) is 0 Å². The minimum Gasteiger partial charge on any atom is -0.348 e. The molecule has 0 radical (unpaired) electrons. The van der Waals surface area contributed by atoms with Crippen LogP contribution in [-0.4, -0.2) is 15.7 Å². The molecule has 0 bridgehead atoms. The molecule has 0 spiro atoms. The topological polar surface area (TPSA) is 72.9 Å². The van der Waals surface area contributed by atoms with E-state index < -0.39 is 0 Å². The zero-order valence-electron chi connectivity index (χ0n) is 11.9. The Hall–Kier alpha value is -2.14. The summed E-state index contributed by atoms with van der Waals surface area (Å²) in [5.74, 6) is -0.0915. The maximum absolute atomic E-state index is 12.1. The molecule has 0 saturated heterocycles. The van der Waals surface area contributed by atoms with Crippen LogP contribution in [0.25, 0.3) is 0 Å². The summed E-state index contributed by atoms with van der Waals surface area (Å²) >= 11 is 0. The van der Waals surface area contributed by atoms with Gasteiger partial charge in [-0.05, 0) is 24.1 Å². The number of hydrogen-bond donors (Lipinski definition) is 2. The van der Waals surface area contributed by atoms with Gasteiger partial charge < -0.3 is 11.1 Å². The largest absolute Gasteiger partial charge is 0.348 e. The molecule has 20 heavy (non-hydrogen) atoms. The summed E-state index contributed by atoms with van der Waals surface area (Å²) in [6, 6.07) is 7.36. The van der Waals surface area contributed by atoms with E-state index in [1.165, 1.54) is 0 Å². The highest BCUT2D eigenvalue weighted by Gasteiger charge is 2.09. The highest BCUT2D eigenvalue weighted by atomic mass is 16.1. The van der Waals surface area contributed by atoms with Gasteiger partial charge in [0.15, 0.2) is 0 Å². The minimum atomic E-state index is -0.0915. The van der Waals surface area contributed by atoms with E-state index in [9.17, 15) is 4.79 Å². The molecule has 1 amide bonds. The second-order valence-corrected chi connectivity index (χ2v) is 4.72. The molecule has 0 atom stereocenters. The van der Waals surface area contributed by atoms with Gasteiger partial charge in [-0.15, -0.1) is 0 Å². The molecule has 2 rings (SSSR count). The van der Waals surface area contributed by atoms with Crippen LogP contribution in [0.4, 0.5) is 0 Å². The number of aryl methyl sites for hydroxylation is 2. The molecule has 2 aromatic rings. The van der Waals surface area contributed by atoms with Crippen molar-refractivity contribution < 1.29 is 4.79 Å². The van der Waals surface area contributed by atoms with Gasteiger partial charge in [0.25, 0.3) is 5.91 Å². The van der Waals surface area contributed by atoms with Gasteiger partial charge >= 0.3 is 0 Å². The molecule has 1 heterocycles. The van der Waals surface area contributed by atoms with Crippen LogP contribution in [-0.2, 0) is 26.6 Å². The van der Waals surface area contributed by atoms with Gasteiger partial charge in [0, 0.05) is 37.5 Å². The lowest BCUT2D eigenvalue weighted by Crippen LogP contribution is -2.23. The van der Waals surface area contributed by atoms with Crippen molar-refractivity contribution in [1.82, 2.24) is 15.1 Å². The van der Waals surface area contributed by atoms with Crippen molar-refractivity contribution in [2.75, 3.05) is 0 Å². The Bertz CT molecular complexity index is 604. The van der Waals surface area contributed by atoms with Gasteiger partial charge in [0.05, 0.1) is 5.69 Å². The predicted molar refractivity (Wildman–Crippen MR) is 78.1 cm³/mol. The van der Waals surface area contributed by atoms with Crippen molar-refractivity contribution in [2.45, 2.75) is 26.4 Å². The third-order valence-corrected chi connectivity index (χ3v) is 3.19. The van der Waals surface area contributed by atoms with Gasteiger partial charge in [-0.3, -0.25) is 9.48 Å². The number of nitrogens with two attached hydrogens (primary N) is 1. The van der Waals surface area contributed by atoms with Crippen LogP contribution in [0, 0.1) is 0 Å². The fourth-order valence-corrected chi connectivity index (χ4v) is 2.15. The molecule has 1 aromatic heterocycles. The summed E-state index contributed by atoms with van der Waals surface area (Å²) in [6.45, 7) is 2.98. The second kappa shape index (κ2) is 6.34. The molecule has 5 heteroatoms. The Balaban J connectivity index is 2.04. The van der Waals surface area contributed by atoms with Crippen molar-refractivity contribution >= 4 is 5.91 Å². The van der Waals surface area contributed by atoms with Crippen molar-refractivity contribution in [1.29, 1.82) is 0 Å². The van der Waals surface area contributed by atoms with Gasteiger partial charge in [-0.2, -0.15) is 5.10 Å². The summed E-state index contributed by atoms with van der Waals surface area (Å²) < 4.78 is 1.77. The number of nitrogens with zero attached hydrogens (tertiary/aromatic N) is 2. The quantitative estimate of drug-likeness (QED) is 0.863. The van der Waals surface area contributed by atoms with Crippen molar-refractivity contribution in [2.24, 2.45) is 12.8 Å². The monoisotopic (exact) mass is 272 g/mol. The number of carbonyl (C=O) groups excluding carboxylic acids is 1. The van der Waals surface area contributed by atoms with Gasteiger partial charge in [-0.1, -0.05) is 19.1 Å². The third kappa shape index (κ3) is 3.24. The van der Waals surface area contributed by atoms with E-state index >= 15 is 0 Å². The standard InChI is InChI=1S/C15H20N4O/c1-3-14-13(10-19(2)18-14)9-17-15(20)12-6-4-5-11(7-12)8-16/h4-7,10H,3,8-9,16H2,1-2H3,(H,17,20). The van der Waals surface area contributed by atoms with Gasteiger partial charge in [0.2, 0.25) is 0 Å². The van der Waals surface area contributed by atoms with E-state index in [4.69, 9.17) is 5.73 Å². The van der Waals surface area contributed by atoms with Crippen molar-refractivity contribution in [3.05, 3.63) is 52.8 Å². The Kier molecular flexibility index (Phi) is 4.53. The second-order valence-electron chi connectivity index (χ2n) is 4.72. The molecular weight excluding hydrogens is 252 g/mol. The molecule has 5 nitrogen and oxygen atoms in total. The van der Waals surface area contributed by atoms with E-state index in [0.29, 0.717) is 18.7 Å². The highest BCUT2D eigenvalue weighted by Crippen LogP contribution is 2.08. The molecule has 0 aliphatic carbocycles. The Morgan fingerprint density at radius 3 is 2.95 bits per heavy atom. The fraction of sp³-hybridized carbons (Fsp3) is 0.333. The smallest absolute Gasteiger partial charge is 0.251 e. The summed E-state index contributed by atoms with van der Waals surface area (Å²) in [4.78, 5) is 12.1. The zero-order chi connectivity index (χ0) is 14.5. The summed E-state index contributed by atoms with van der Waals surface area (Å²) in [7, 11) is 1.88. The van der Waals surface area contributed by atoms with Crippen LogP contribution in [0.3, 0.4) is 0 Å². The van der Waals surface area contributed by atoms with Gasteiger partial charge in [0.1, 0.15) is 0 Å². The zero-order valence-corrected chi connectivity index (χ0v) is 11.9. The maximum atomic E-state index is 12.1. The molecule has 1 aromatic carbocycles. The average Bonchev–Trinajstić information content (AvgIpc) is 2.85. The number of rotatable bonds is 5. The SMILES string of the molecule is CCc1nn(C)cc1CNC(=O)c1cccc(CN)c1. The molecule has 0 aliphatic heterocycles. The van der Waals surface area contributed by atoms with Crippen LogP contribution < -0.4 is 11.1 Å². The number of benzene rings is 1. The van der Waals surface area contributed by atoms with Crippen molar-refractivity contribution in [3.63, 3.8) is 0 Å². The molecule has 0 saturated carbocycles. The predicted octanol–water partition coefficient (Wildman–Crippen LogP) is 1.37. The van der Waals surface area contributed by atoms with Crippen LogP contribution >= 0.6 is 0 Å². The Morgan fingerprint density at radius 2 is 2.25 bits per heavy atom. The van der Waals surface area contributed by atoms with Crippen LogP contribution in [0.15, 0.2) is 30.5 Å². The van der Waals surface area contributed by atoms with E-state index in [-0.39, 0.29) is 5.91 Å². The van der Waals surface area contributed by atoms with Crippen molar-refractivity contribution in [3.8, 4) is 0 Å². The number of aromatic nitrogens is 2. The highest BCUT2D eigenvalue weighted by molar-refractivity contribution is 5.94. The minimum absolute atomic E-state index is 0.0915. The third-order valence-electron chi connectivity index (χ3n) is 3.19. The number of nitrogens with one attached hydrogen (secondary N) is 1. The number of carbonyl (C=O) groups is 1. The number of hydrogen-bond acceptors (Lipinski definition) is 3. The summed E-state index contributed by atoms with van der Waals surface area (Å²) in [5.41, 5.74) is 9.24. The average molecular weight is 272 g/mol. The first-order valence-electron chi connectivity index (χ1n) is 6.72. The molecule has 0 unspecified atom stereocenters. The van der Waals surface area contributed by atoms with E-state index in [0.717, 1.165) is 23.2 Å². The summed E-state index contributed by atoms with van der Waals surface area (Å²) in [6.07, 6.45) is 2.80. The fourth-order valence-electron chi connectivity index (χ4n) is 2.15. The molecule has 0 aliphatic rings. The van der Waals surface area contributed by atoms with E-state index in [1.54, 1.807) is 10.7 Å². The van der Waals surface area contributed by atoms with E-state index in [1.807, 2.05) is 31.4 Å². The lowest BCUT2D eigenvalue weighted by atomic mass is 10.1. The van der Waals surface area contributed by atoms with Crippen LogP contribution in [0.5, 0.6) is 0 Å².